The maximum absolute atomic E-state index is 14.8. The molecule has 1 atom stereocenters. The zero-order valence-electron chi connectivity index (χ0n) is 12.6. The Kier molecular flexibility index (Phi) is 4.77. The van der Waals surface area contributed by atoms with E-state index in [4.69, 9.17) is 0 Å². The van der Waals surface area contributed by atoms with Crippen molar-refractivity contribution in [1.29, 1.82) is 0 Å². The van der Waals surface area contributed by atoms with E-state index in [1.54, 1.807) is 24.3 Å². The summed E-state index contributed by atoms with van der Waals surface area (Å²) in [6, 6.07) is 18.9. The number of allylic oxidation sites excluding steroid dienone is 3. The Hall–Kier alpha value is -2.13. The van der Waals surface area contributed by atoms with Crippen LogP contribution < -0.4 is 0 Å². The normalized spacial score (nSPS) is 20.1. The van der Waals surface area contributed by atoms with Crippen LogP contribution in [0.1, 0.15) is 22.3 Å². The molecular formula is C20H17FOS. The first-order valence-corrected chi connectivity index (χ1v) is 8.51. The average molecular weight is 324 g/mol. The number of hydrogen-bond donors (Lipinski definition) is 0. The number of carbonyl (C=O) groups is 1. The lowest BCUT2D eigenvalue weighted by molar-refractivity contribution is 0.103. The predicted molar refractivity (Wildman–Crippen MR) is 94.2 cm³/mol. The molecule has 2 aromatic carbocycles. The van der Waals surface area contributed by atoms with Crippen molar-refractivity contribution in [2.24, 2.45) is 0 Å². The van der Waals surface area contributed by atoms with Gasteiger partial charge < -0.3 is 0 Å². The Bertz CT molecular complexity index is 737. The molecule has 0 heterocycles. The molecule has 2 aromatic rings. The van der Waals surface area contributed by atoms with Crippen molar-refractivity contribution < 1.29 is 9.18 Å². The van der Waals surface area contributed by atoms with Crippen LogP contribution in [0.5, 0.6) is 0 Å². The van der Waals surface area contributed by atoms with Gasteiger partial charge in [-0.25, -0.2) is 4.39 Å². The summed E-state index contributed by atoms with van der Waals surface area (Å²) < 4.78 is 14.8. The maximum Gasteiger partial charge on any atom is 0.192 e. The number of alkyl halides is 1. The Morgan fingerprint density at radius 1 is 1.04 bits per heavy atom. The highest BCUT2D eigenvalue weighted by Gasteiger charge is 2.29. The molecule has 0 radical (unpaired) electrons. The van der Waals surface area contributed by atoms with Gasteiger partial charge in [0, 0.05) is 23.3 Å². The molecule has 23 heavy (non-hydrogen) atoms. The maximum atomic E-state index is 14.8. The lowest BCUT2D eigenvalue weighted by atomic mass is 9.97. The monoisotopic (exact) mass is 324 g/mol. The zero-order chi connectivity index (χ0) is 16.1. The third-order valence-corrected chi connectivity index (χ3v) is 4.99. The van der Waals surface area contributed by atoms with Crippen LogP contribution in [0.3, 0.4) is 0 Å². The number of halogens is 1. The fourth-order valence-corrected chi connectivity index (χ4v) is 3.37. The van der Waals surface area contributed by atoms with Gasteiger partial charge in [-0.3, -0.25) is 4.79 Å². The quantitative estimate of drug-likeness (QED) is 0.689. The topological polar surface area (TPSA) is 17.1 Å². The number of rotatable bonds is 5. The summed E-state index contributed by atoms with van der Waals surface area (Å²) in [5.74, 6) is 0.550. The second kappa shape index (κ2) is 6.97. The number of thioether (sulfide) groups is 1. The molecule has 1 unspecified atom stereocenters. The number of carbonyl (C=O) groups excluding carboxylic acids is 1. The molecule has 3 rings (SSSR count). The summed E-state index contributed by atoms with van der Waals surface area (Å²) in [7, 11) is 0. The van der Waals surface area contributed by atoms with Crippen molar-refractivity contribution in [3.05, 3.63) is 95.6 Å². The molecule has 1 nitrogen and oxygen atoms in total. The van der Waals surface area contributed by atoms with Crippen LogP contribution in [-0.4, -0.2) is 10.8 Å². The van der Waals surface area contributed by atoms with E-state index in [0.29, 0.717) is 16.9 Å². The molecule has 0 amide bonds. The first kappa shape index (κ1) is 15.8. The Labute approximate surface area is 139 Å². The fourth-order valence-electron chi connectivity index (χ4n) is 2.41. The number of Topliss-reactive ketones (excluding diaryl/α,β-unsaturated/α-hetero) is 1. The molecule has 0 saturated heterocycles. The molecule has 116 valence electrons. The summed E-state index contributed by atoms with van der Waals surface area (Å²) in [5.41, 5.74) is 2.29. The summed E-state index contributed by atoms with van der Waals surface area (Å²) in [5, 5.41) is -1.45. The second-order valence-electron chi connectivity index (χ2n) is 5.45. The van der Waals surface area contributed by atoms with Gasteiger partial charge in [0.15, 0.2) is 10.8 Å². The van der Waals surface area contributed by atoms with E-state index in [-0.39, 0.29) is 12.2 Å². The van der Waals surface area contributed by atoms with E-state index in [1.807, 2.05) is 48.5 Å². The molecule has 3 heteroatoms. The van der Waals surface area contributed by atoms with Crippen molar-refractivity contribution in [2.75, 3.05) is 0 Å². The minimum absolute atomic E-state index is 0.0584. The summed E-state index contributed by atoms with van der Waals surface area (Å²) in [6.07, 6.45) is 5.04. The molecule has 0 aromatic heterocycles. The number of ketones is 1. The van der Waals surface area contributed by atoms with Crippen LogP contribution in [0.4, 0.5) is 4.39 Å². The smallest absolute Gasteiger partial charge is 0.192 e. The van der Waals surface area contributed by atoms with E-state index in [0.717, 1.165) is 5.56 Å². The van der Waals surface area contributed by atoms with Crippen LogP contribution in [0.25, 0.3) is 0 Å². The van der Waals surface area contributed by atoms with E-state index < -0.39 is 5.00 Å². The summed E-state index contributed by atoms with van der Waals surface area (Å²) in [6.45, 7) is 0. The van der Waals surface area contributed by atoms with Gasteiger partial charge in [0.2, 0.25) is 0 Å². The highest BCUT2D eigenvalue weighted by atomic mass is 32.2. The van der Waals surface area contributed by atoms with Crippen molar-refractivity contribution in [1.82, 2.24) is 0 Å². The van der Waals surface area contributed by atoms with Crippen LogP contribution in [-0.2, 0) is 5.75 Å². The van der Waals surface area contributed by atoms with Crippen molar-refractivity contribution in [2.45, 2.75) is 17.2 Å². The SMILES string of the molecule is O=C(C1=CCC(F)(SCc2ccccc2)C=C1)c1ccccc1. The van der Waals surface area contributed by atoms with Gasteiger partial charge in [-0.2, -0.15) is 0 Å². The molecule has 0 saturated carbocycles. The third kappa shape index (κ3) is 3.99. The van der Waals surface area contributed by atoms with Gasteiger partial charge in [0.1, 0.15) is 0 Å². The van der Waals surface area contributed by atoms with Gasteiger partial charge in [-0.1, -0.05) is 72.8 Å². The van der Waals surface area contributed by atoms with Crippen LogP contribution >= 0.6 is 11.8 Å². The molecule has 0 aliphatic heterocycles. The van der Waals surface area contributed by atoms with Crippen molar-refractivity contribution in [3.63, 3.8) is 0 Å². The Morgan fingerprint density at radius 2 is 1.70 bits per heavy atom. The molecular weight excluding hydrogens is 307 g/mol. The first-order valence-electron chi connectivity index (χ1n) is 7.52. The molecule has 0 bridgehead atoms. The highest BCUT2D eigenvalue weighted by molar-refractivity contribution is 7.99. The molecule has 0 fully saturated rings. The lowest BCUT2D eigenvalue weighted by Crippen LogP contribution is -2.18. The highest BCUT2D eigenvalue weighted by Crippen LogP contribution is 2.38. The molecule has 1 aliphatic carbocycles. The fraction of sp³-hybridized carbons (Fsp3) is 0.150. The Morgan fingerprint density at radius 3 is 2.30 bits per heavy atom. The van der Waals surface area contributed by atoms with E-state index in [1.165, 1.54) is 17.8 Å². The standard InChI is InChI=1S/C20H17FOS/c21-20(23-15-16-7-3-1-4-8-16)13-11-18(12-14-20)19(22)17-9-5-2-6-10-17/h1-13H,14-15H2. The second-order valence-corrected chi connectivity index (χ2v) is 6.71. The van der Waals surface area contributed by atoms with Gasteiger partial charge in [-0.05, 0) is 11.6 Å². The van der Waals surface area contributed by atoms with Gasteiger partial charge in [0.05, 0.1) is 0 Å². The average Bonchev–Trinajstić information content (AvgIpc) is 2.62. The lowest BCUT2D eigenvalue weighted by Gasteiger charge is -2.23. The number of benzene rings is 2. The molecule has 1 aliphatic rings. The van der Waals surface area contributed by atoms with Gasteiger partial charge in [0.25, 0.3) is 0 Å². The van der Waals surface area contributed by atoms with Crippen LogP contribution in [0.2, 0.25) is 0 Å². The predicted octanol–water partition coefficient (Wildman–Crippen LogP) is 5.35. The zero-order valence-corrected chi connectivity index (χ0v) is 13.4. The van der Waals surface area contributed by atoms with E-state index in [2.05, 4.69) is 0 Å². The molecule has 0 spiro atoms. The summed E-state index contributed by atoms with van der Waals surface area (Å²) >= 11 is 1.25. The van der Waals surface area contributed by atoms with Crippen LogP contribution in [0.15, 0.2) is 84.5 Å². The van der Waals surface area contributed by atoms with E-state index >= 15 is 0 Å². The van der Waals surface area contributed by atoms with Crippen molar-refractivity contribution in [3.8, 4) is 0 Å². The number of hydrogen-bond acceptors (Lipinski definition) is 2. The van der Waals surface area contributed by atoms with Crippen molar-refractivity contribution >= 4 is 17.5 Å². The van der Waals surface area contributed by atoms with Gasteiger partial charge in [-0.15, -0.1) is 11.8 Å². The van der Waals surface area contributed by atoms with Gasteiger partial charge >= 0.3 is 0 Å². The summed E-state index contributed by atoms with van der Waals surface area (Å²) in [4.78, 5) is 12.3. The largest absolute Gasteiger partial charge is 0.289 e. The van der Waals surface area contributed by atoms with E-state index in [9.17, 15) is 9.18 Å². The minimum Gasteiger partial charge on any atom is -0.289 e. The van der Waals surface area contributed by atoms with Crippen LogP contribution in [0, 0.1) is 0 Å². The minimum atomic E-state index is -1.45. The molecule has 0 N–H and O–H groups in total. The first-order chi connectivity index (χ1) is 11.2. The Balaban J connectivity index is 1.63. The third-order valence-electron chi connectivity index (χ3n) is 3.73.